The molecule has 0 spiro atoms. The molecule has 0 fully saturated rings. The number of allylic oxidation sites excluding steroid dienone is 1. The van der Waals surface area contributed by atoms with Crippen molar-refractivity contribution in [3.63, 3.8) is 0 Å². The number of rotatable bonds is 1. The van der Waals surface area contributed by atoms with Crippen LogP contribution in [0.1, 0.15) is 0 Å². The molecule has 0 atom stereocenters. The maximum atomic E-state index is 9.30. The summed E-state index contributed by atoms with van der Waals surface area (Å²) in [6.07, 6.45) is 2.11. The molecule has 0 N–H and O–H groups in total. The summed E-state index contributed by atoms with van der Waals surface area (Å²) < 4.78 is 0. The van der Waals surface area contributed by atoms with Crippen molar-refractivity contribution >= 4 is 22.3 Å². The average Bonchev–Trinajstić information content (AvgIpc) is 1.41. The summed E-state index contributed by atoms with van der Waals surface area (Å²) in [6.45, 7) is 0. The van der Waals surface area contributed by atoms with Crippen molar-refractivity contribution in [2.45, 2.75) is 0 Å². The van der Waals surface area contributed by atoms with Gasteiger partial charge in [-0.3, -0.25) is 0 Å². The van der Waals surface area contributed by atoms with E-state index in [9.17, 15) is 4.79 Å². The van der Waals surface area contributed by atoms with E-state index >= 15 is 0 Å². The predicted molar refractivity (Wildman–Crippen MR) is 21.0 cm³/mol. The molecule has 0 amide bonds. The Hall–Kier alpha value is -0.0705. The van der Waals surface area contributed by atoms with Gasteiger partial charge in [0.2, 0.25) is 0 Å². The van der Waals surface area contributed by atoms with Crippen LogP contribution in [0.2, 0.25) is 0 Å². The van der Waals surface area contributed by atoms with Gasteiger partial charge >= 0.3 is 38.1 Å². The molecule has 0 aromatic rings. The summed E-state index contributed by atoms with van der Waals surface area (Å²) in [7, 11) is 0. The van der Waals surface area contributed by atoms with Crippen LogP contribution in [0, 0.1) is 0 Å². The maximum absolute atomic E-state index is 9.30. The molecule has 0 bridgehead atoms. The predicted octanol–water partition coefficient (Wildman–Crippen LogP) is -0.133. The molecule has 27 valence electrons. The summed E-state index contributed by atoms with van der Waals surface area (Å²) in [6, 6.07) is 0. The second-order valence-electron chi connectivity index (χ2n) is 0.465. The topological polar surface area (TPSA) is 17.1 Å². The standard InChI is InChI=1S/C3H3OSe/c4-2-1-3-5/h1-3H. The Labute approximate surface area is 38.9 Å². The molecule has 0 heterocycles. The molecule has 5 heavy (non-hydrogen) atoms. The zero-order valence-electron chi connectivity index (χ0n) is 2.55. The molecule has 0 aliphatic heterocycles. The zero-order valence-corrected chi connectivity index (χ0v) is 4.26. The van der Waals surface area contributed by atoms with Crippen LogP contribution in [-0.2, 0) is 4.79 Å². The Balaban J connectivity index is 2.92. The van der Waals surface area contributed by atoms with E-state index in [0.717, 1.165) is 6.29 Å². The molecule has 0 aliphatic carbocycles. The first-order valence-electron chi connectivity index (χ1n) is 1.14. The Morgan fingerprint density at radius 1 is 1.60 bits per heavy atom. The zero-order chi connectivity index (χ0) is 4.12. The van der Waals surface area contributed by atoms with Crippen molar-refractivity contribution < 1.29 is 4.79 Å². The number of carbonyl (C=O) groups is 1. The number of hydrogen-bond acceptors (Lipinski definition) is 1. The number of carbonyl (C=O) groups excluding carboxylic acids is 1. The summed E-state index contributed by atoms with van der Waals surface area (Å²) in [5.74, 6) is 0. The van der Waals surface area contributed by atoms with E-state index in [4.69, 9.17) is 0 Å². The van der Waals surface area contributed by atoms with Crippen LogP contribution in [0.15, 0.2) is 11.1 Å². The van der Waals surface area contributed by atoms with Gasteiger partial charge in [0.1, 0.15) is 0 Å². The molecule has 0 unspecified atom stereocenters. The van der Waals surface area contributed by atoms with Crippen LogP contribution in [-0.4, -0.2) is 22.3 Å². The van der Waals surface area contributed by atoms with Gasteiger partial charge in [-0.2, -0.15) is 0 Å². The first-order chi connectivity index (χ1) is 2.41. The summed E-state index contributed by atoms with van der Waals surface area (Å²) >= 11 is 2.53. The van der Waals surface area contributed by atoms with E-state index in [-0.39, 0.29) is 0 Å². The van der Waals surface area contributed by atoms with E-state index in [1.54, 1.807) is 4.97 Å². The third-order valence-electron chi connectivity index (χ3n) is 0.157. The molecule has 0 aromatic carbocycles. The monoisotopic (exact) mass is 135 g/mol. The first-order valence-corrected chi connectivity index (χ1v) is 2.13. The van der Waals surface area contributed by atoms with Gasteiger partial charge in [0.15, 0.2) is 0 Å². The second kappa shape index (κ2) is 3.93. The van der Waals surface area contributed by atoms with Crippen LogP contribution in [0.3, 0.4) is 0 Å². The van der Waals surface area contributed by atoms with Crippen LogP contribution < -0.4 is 0 Å². The molecular weight excluding hydrogens is 131 g/mol. The Morgan fingerprint density at radius 2 is 2.20 bits per heavy atom. The van der Waals surface area contributed by atoms with Gasteiger partial charge in [0.05, 0.1) is 0 Å². The summed E-state index contributed by atoms with van der Waals surface area (Å²) in [5.41, 5.74) is 0. The van der Waals surface area contributed by atoms with E-state index in [1.165, 1.54) is 6.08 Å². The molecule has 0 aromatic heterocycles. The molecule has 2 heteroatoms. The van der Waals surface area contributed by atoms with Crippen LogP contribution >= 0.6 is 0 Å². The van der Waals surface area contributed by atoms with Crippen molar-refractivity contribution in [1.29, 1.82) is 0 Å². The van der Waals surface area contributed by atoms with E-state index in [1.807, 2.05) is 0 Å². The molecule has 1 radical (unpaired) electrons. The second-order valence-corrected chi connectivity index (χ2v) is 1.04. The van der Waals surface area contributed by atoms with Gasteiger partial charge in [0.25, 0.3) is 0 Å². The van der Waals surface area contributed by atoms with Crippen molar-refractivity contribution in [3.8, 4) is 0 Å². The third kappa shape index (κ3) is 3.93. The first kappa shape index (κ1) is 4.93. The molecule has 0 rings (SSSR count). The van der Waals surface area contributed by atoms with Crippen molar-refractivity contribution in [1.82, 2.24) is 0 Å². The summed E-state index contributed by atoms with van der Waals surface area (Å²) in [4.78, 5) is 10.9. The fraction of sp³-hybridized carbons (Fsp3) is 0. The fourth-order valence-electron chi connectivity index (χ4n) is 0.0321. The third-order valence-corrected chi connectivity index (χ3v) is 0.487. The van der Waals surface area contributed by atoms with Gasteiger partial charge in [-0.25, -0.2) is 0 Å². The SMILES string of the molecule is O=CC=C[Se]. The molecule has 0 aliphatic rings. The Bertz CT molecular complexity index is 48.9. The van der Waals surface area contributed by atoms with Gasteiger partial charge in [-0.15, -0.1) is 0 Å². The molecule has 0 saturated carbocycles. The van der Waals surface area contributed by atoms with Gasteiger partial charge in [-0.1, -0.05) is 0 Å². The Morgan fingerprint density at radius 3 is 2.20 bits per heavy atom. The van der Waals surface area contributed by atoms with Crippen molar-refractivity contribution in [3.05, 3.63) is 11.1 Å². The van der Waals surface area contributed by atoms with Crippen LogP contribution in [0.4, 0.5) is 0 Å². The normalized spacial score (nSPS) is 8.80. The number of hydrogen-bond donors (Lipinski definition) is 0. The van der Waals surface area contributed by atoms with Crippen molar-refractivity contribution in [2.24, 2.45) is 0 Å². The fourth-order valence-corrected chi connectivity index (χ4v) is 0.167. The number of aldehydes is 1. The van der Waals surface area contributed by atoms with E-state index < -0.39 is 0 Å². The Kier molecular flexibility index (Phi) is 3.87. The van der Waals surface area contributed by atoms with E-state index in [2.05, 4.69) is 16.0 Å². The van der Waals surface area contributed by atoms with Gasteiger partial charge in [-0.05, 0) is 0 Å². The quantitative estimate of drug-likeness (QED) is 0.277. The molecule has 0 saturated heterocycles. The van der Waals surface area contributed by atoms with Gasteiger partial charge < -0.3 is 0 Å². The molecule has 1 nitrogen and oxygen atoms in total. The van der Waals surface area contributed by atoms with Gasteiger partial charge in [0, 0.05) is 0 Å². The molecular formula is C3H3OSe. The van der Waals surface area contributed by atoms with Crippen LogP contribution in [0.5, 0.6) is 0 Å². The van der Waals surface area contributed by atoms with Crippen LogP contribution in [0.25, 0.3) is 0 Å². The summed E-state index contributed by atoms with van der Waals surface area (Å²) in [5, 5.41) is 0. The van der Waals surface area contributed by atoms with E-state index in [0.29, 0.717) is 0 Å². The minimum absolute atomic E-state index is 0.719. The minimum atomic E-state index is 0.719. The average molecular weight is 134 g/mol. The van der Waals surface area contributed by atoms with Crippen molar-refractivity contribution in [2.75, 3.05) is 0 Å².